The van der Waals surface area contributed by atoms with Crippen molar-refractivity contribution < 1.29 is 4.42 Å². The van der Waals surface area contributed by atoms with E-state index in [9.17, 15) is 0 Å². The lowest BCUT2D eigenvalue weighted by Gasteiger charge is -2.09. The molecule has 6 aromatic rings. The van der Waals surface area contributed by atoms with Gasteiger partial charge in [0.05, 0.1) is 11.0 Å². The second-order valence-electron chi connectivity index (χ2n) is 7.49. The molecular weight excluding hydrogens is 530 g/mol. The Morgan fingerprint density at radius 2 is 1.19 bits per heavy atom. The van der Waals surface area contributed by atoms with Gasteiger partial charge in [-0.2, -0.15) is 0 Å². The average Bonchev–Trinajstić information content (AvgIpc) is 3.42. The van der Waals surface area contributed by atoms with Gasteiger partial charge < -0.3 is 8.98 Å². The molecule has 0 bridgehead atoms. The van der Waals surface area contributed by atoms with Gasteiger partial charge in [0, 0.05) is 36.5 Å². The van der Waals surface area contributed by atoms with Crippen LogP contribution in [-0.4, -0.2) is 14.8 Å². The highest BCUT2D eigenvalue weighted by Crippen LogP contribution is 2.36. The summed E-state index contributed by atoms with van der Waals surface area (Å²) in [6, 6.07) is 30.7. The van der Waals surface area contributed by atoms with E-state index < -0.39 is 0 Å². The van der Waals surface area contributed by atoms with Crippen molar-refractivity contribution in [3.05, 3.63) is 99.9 Å². The lowest BCUT2D eigenvalue weighted by atomic mass is 10.2. The van der Waals surface area contributed by atoms with Crippen molar-refractivity contribution in [2.75, 3.05) is 0 Å². The van der Waals surface area contributed by atoms with E-state index >= 15 is 0 Å². The van der Waals surface area contributed by atoms with Gasteiger partial charge in [-0.15, -0.1) is 10.2 Å². The van der Waals surface area contributed by atoms with E-state index in [1.54, 1.807) is 0 Å². The third kappa shape index (κ3) is 3.27. The molecule has 0 saturated heterocycles. The van der Waals surface area contributed by atoms with Crippen molar-refractivity contribution in [2.24, 2.45) is 0 Å². The molecule has 0 unspecified atom stereocenters. The Morgan fingerprint density at radius 1 is 0.594 bits per heavy atom. The smallest absolute Gasteiger partial charge is 0.248 e. The van der Waals surface area contributed by atoms with Gasteiger partial charge in [-0.25, -0.2) is 0 Å². The summed E-state index contributed by atoms with van der Waals surface area (Å²) in [5, 5.41) is 10.9. The van der Waals surface area contributed by atoms with Gasteiger partial charge in [0.25, 0.3) is 0 Å². The van der Waals surface area contributed by atoms with Gasteiger partial charge >= 0.3 is 0 Å². The molecule has 0 N–H and O–H groups in total. The lowest BCUT2D eigenvalue weighted by Crippen LogP contribution is -1.94. The second-order valence-corrected chi connectivity index (χ2v) is 9.32. The molecule has 0 atom stereocenters. The average molecular weight is 545 g/mol. The van der Waals surface area contributed by atoms with Gasteiger partial charge in [-0.3, -0.25) is 0 Å². The maximum absolute atomic E-state index is 5.99. The van der Waals surface area contributed by atoms with Crippen LogP contribution in [0.25, 0.3) is 50.4 Å². The molecule has 4 aromatic carbocycles. The number of fused-ring (bicyclic) bond motifs is 3. The van der Waals surface area contributed by atoms with Crippen molar-refractivity contribution in [3.8, 4) is 28.6 Å². The fourth-order valence-corrected chi connectivity index (χ4v) is 4.76. The molecule has 0 radical (unpaired) electrons. The monoisotopic (exact) mass is 543 g/mol. The summed E-state index contributed by atoms with van der Waals surface area (Å²) in [6.45, 7) is 0. The van der Waals surface area contributed by atoms with E-state index in [0.717, 1.165) is 36.8 Å². The zero-order valence-corrected chi connectivity index (χ0v) is 19.8. The molecule has 32 heavy (non-hydrogen) atoms. The molecule has 2 aromatic heterocycles. The summed E-state index contributed by atoms with van der Waals surface area (Å²) in [6.07, 6.45) is 0. The van der Waals surface area contributed by atoms with E-state index in [0.29, 0.717) is 11.8 Å². The second kappa shape index (κ2) is 7.73. The van der Waals surface area contributed by atoms with E-state index in [1.165, 1.54) is 10.8 Å². The zero-order chi connectivity index (χ0) is 21.7. The Balaban J connectivity index is 1.53. The largest absolute Gasteiger partial charge is 0.416 e. The van der Waals surface area contributed by atoms with E-state index in [1.807, 2.05) is 42.5 Å². The minimum atomic E-state index is 0.494. The Kier molecular flexibility index (Phi) is 4.70. The molecule has 154 valence electrons. The number of aromatic nitrogens is 3. The lowest BCUT2D eigenvalue weighted by molar-refractivity contribution is 0.584. The number of rotatable bonds is 3. The Labute approximate surface area is 200 Å². The first-order valence-electron chi connectivity index (χ1n) is 10.1. The van der Waals surface area contributed by atoms with Gasteiger partial charge in [-0.05, 0) is 54.6 Å². The molecule has 0 aliphatic rings. The zero-order valence-electron chi connectivity index (χ0n) is 16.7. The number of benzene rings is 4. The number of halogens is 2. The summed E-state index contributed by atoms with van der Waals surface area (Å²) in [5.74, 6) is 1.00. The fraction of sp³-hybridized carbons (Fsp3) is 0. The van der Waals surface area contributed by atoms with Crippen LogP contribution in [0.3, 0.4) is 0 Å². The highest BCUT2D eigenvalue weighted by Gasteiger charge is 2.15. The van der Waals surface area contributed by atoms with Crippen LogP contribution < -0.4 is 0 Å². The predicted molar refractivity (Wildman–Crippen MR) is 135 cm³/mol. The molecule has 0 aliphatic heterocycles. The van der Waals surface area contributed by atoms with Crippen molar-refractivity contribution in [1.82, 2.24) is 14.8 Å². The Morgan fingerprint density at radius 3 is 1.84 bits per heavy atom. The van der Waals surface area contributed by atoms with Crippen molar-refractivity contribution >= 4 is 53.7 Å². The molecule has 6 heteroatoms. The standard InChI is InChI=1S/C26H15Br2N3O/c27-18-9-11-21-22-12-10-19(28)15-24(22)31(23(21)14-18)20-8-4-7-17(13-20)26-30-29-25(32-26)16-5-2-1-3-6-16/h1-15H. The van der Waals surface area contributed by atoms with Crippen LogP contribution in [0, 0.1) is 0 Å². The molecule has 6 rings (SSSR count). The predicted octanol–water partition coefficient (Wildman–Crippen LogP) is 8.03. The third-order valence-corrected chi connectivity index (χ3v) is 6.48. The Bertz CT molecular complexity index is 1540. The summed E-state index contributed by atoms with van der Waals surface area (Å²) >= 11 is 7.26. The van der Waals surface area contributed by atoms with Crippen LogP contribution in [0.2, 0.25) is 0 Å². The summed E-state index contributed by atoms with van der Waals surface area (Å²) < 4.78 is 10.3. The van der Waals surface area contributed by atoms with Gasteiger partial charge in [-0.1, -0.05) is 68.3 Å². The van der Waals surface area contributed by atoms with E-state index in [2.05, 4.69) is 95.2 Å². The van der Waals surface area contributed by atoms with Crippen LogP contribution >= 0.6 is 31.9 Å². The highest BCUT2D eigenvalue weighted by atomic mass is 79.9. The first-order valence-corrected chi connectivity index (χ1v) is 11.6. The maximum Gasteiger partial charge on any atom is 0.248 e. The number of nitrogens with zero attached hydrogens (tertiary/aromatic N) is 3. The molecule has 0 aliphatic carbocycles. The molecule has 0 amide bonds. The first kappa shape index (κ1) is 19.5. The molecule has 4 nitrogen and oxygen atoms in total. The van der Waals surface area contributed by atoms with Crippen LogP contribution in [0.4, 0.5) is 0 Å². The number of hydrogen-bond acceptors (Lipinski definition) is 3. The van der Waals surface area contributed by atoms with E-state index in [-0.39, 0.29) is 0 Å². The van der Waals surface area contributed by atoms with Crippen LogP contribution in [0.5, 0.6) is 0 Å². The minimum absolute atomic E-state index is 0.494. The molecule has 0 fully saturated rings. The quantitative estimate of drug-likeness (QED) is 0.226. The summed E-state index contributed by atoms with van der Waals surface area (Å²) in [4.78, 5) is 0. The number of hydrogen-bond donors (Lipinski definition) is 0. The van der Waals surface area contributed by atoms with Crippen LogP contribution in [0.1, 0.15) is 0 Å². The van der Waals surface area contributed by atoms with Gasteiger partial charge in [0.15, 0.2) is 0 Å². The molecule has 2 heterocycles. The minimum Gasteiger partial charge on any atom is -0.416 e. The maximum atomic E-state index is 5.99. The molecular formula is C26H15Br2N3O. The highest BCUT2D eigenvalue weighted by molar-refractivity contribution is 9.10. The summed E-state index contributed by atoms with van der Waals surface area (Å²) in [7, 11) is 0. The topological polar surface area (TPSA) is 43.9 Å². The van der Waals surface area contributed by atoms with E-state index in [4.69, 9.17) is 4.42 Å². The van der Waals surface area contributed by atoms with Gasteiger partial charge in [0.1, 0.15) is 0 Å². The summed E-state index contributed by atoms with van der Waals surface area (Å²) in [5.41, 5.74) is 5.05. The third-order valence-electron chi connectivity index (χ3n) is 5.49. The molecule has 0 saturated carbocycles. The first-order chi connectivity index (χ1) is 15.7. The van der Waals surface area contributed by atoms with Crippen molar-refractivity contribution in [2.45, 2.75) is 0 Å². The van der Waals surface area contributed by atoms with Crippen LogP contribution in [-0.2, 0) is 0 Å². The normalized spacial score (nSPS) is 11.4. The van der Waals surface area contributed by atoms with Crippen LogP contribution in [0.15, 0.2) is 104 Å². The Hall–Kier alpha value is -3.22. The van der Waals surface area contributed by atoms with Gasteiger partial charge in [0.2, 0.25) is 11.8 Å². The SMILES string of the molecule is Brc1ccc2c3ccc(Br)cc3n(-c3cccc(-c4nnc(-c5ccccc5)o4)c3)c2c1. The van der Waals surface area contributed by atoms with Crippen molar-refractivity contribution in [3.63, 3.8) is 0 Å². The fourth-order valence-electron chi connectivity index (χ4n) is 4.06. The molecule has 0 spiro atoms. The van der Waals surface area contributed by atoms with Crippen molar-refractivity contribution in [1.29, 1.82) is 0 Å².